The molecule has 0 saturated carbocycles. The predicted molar refractivity (Wildman–Crippen MR) is 122 cm³/mol. The summed E-state index contributed by atoms with van der Waals surface area (Å²) in [7, 11) is 1.60. The van der Waals surface area contributed by atoms with Crippen LogP contribution < -0.4 is 9.47 Å². The first-order valence-corrected chi connectivity index (χ1v) is 10.8. The number of hydrogen-bond acceptors (Lipinski definition) is 5. The van der Waals surface area contributed by atoms with E-state index in [4.69, 9.17) is 14.0 Å². The Balaban J connectivity index is 1.44. The highest BCUT2D eigenvalue weighted by molar-refractivity contribution is 5.92. The molecule has 2 aromatic carbocycles. The maximum atomic E-state index is 12.9. The molecule has 0 aliphatic carbocycles. The lowest BCUT2D eigenvalue weighted by Gasteiger charge is -2.23. The second-order valence-corrected chi connectivity index (χ2v) is 7.94. The molecule has 1 aromatic heterocycles. The monoisotopic (exact) mass is 432 g/mol. The van der Waals surface area contributed by atoms with Gasteiger partial charge < -0.3 is 18.9 Å². The summed E-state index contributed by atoms with van der Waals surface area (Å²) in [5, 5.41) is 3.95. The van der Waals surface area contributed by atoms with Crippen LogP contribution in [0.2, 0.25) is 0 Å². The van der Waals surface area contributed by atoms with Crippen molar-refractivity contribution in [2.75, 3.05) is 13.7 Å². The van der Waals surface area contributed by atoms with E-state index >= 15 is 0 Å². The number of aryl methyl sites for hydroxylation is 2. The van der Waals surface area contributed by atoms with Gasteiger partial charge in [0.1, 0.15) is 12.4 Å². The van der Waals surface area contributed by atoms with Crippen molar-refractivity contribution in [1.82, 2.24) is 10.1 Å². The van der Waals surface area contributed by atoms with Crippen molar-refractivity contribution in [3.63, 3.8) is 0 Å². The molecule has 3 aromatic rings. The summed E-state index contributed by atoms with van der Waals surface area (Å²) >= 11 is 0. The predicted octanol–water partition coefficient (Wildman–Crippen LogP) is 5.26. The van der Waals surface area contributed by atoms with Gasteiger partial charge >= 0.3 is 0 Å². The first-order valence-electron chi connectivity index (χ1n) is 10.8. The second kappa shape index (κ2) is 9.73. The Morgan fingerprint density at radius 1 is 1.19 bits per heavy atom. The van der Waals surface area contributed by atoms with Crippen LogP contribution in [0.4, 0.5) is 0 Å². The number of rotatable bonds is 7. The maximum Gasteiger partial charge on any atom is 0.247 e. The lowest BCUT2D eigenvalue weighted by molar-refractivity contribution is -0.126. The third-order valence-corrected chi connectivity index (χ3v) is 5.88. The maximum absolute atomic E-state index is 12.9. The molecular weight excluding hydrogens is 404 g/mol. The number of nitrogens with zero attached hydrogens (tertiary/aromatic N) is 2. The summed E-state index contributed by atoms with van der Waals surface area (Å²) in [5.41, 5.74) is 3.80. The van der Waals surface area contributed by atoms with Crippen molar-refractivity contribution in [2.45, 2.75) is 39.3 Å². The van der Waals surface area contributed by atoms with E-state index in [2.05, 4.69) is 17.3 Å². The minimum Gasteiger partial charge on any atom is -0.493 e. The number of likely N-dealkylation sites (tertiary alicyclic amines) is 1. The fourth-order valence-corrected chi connectivity index (χ4v) is 4.08. The fraction of sp³-hybridized carbons (Fsp3) is 0.308. The Labute approximate surface area is 188 Å². The zero-order chi connectivity index (χ0) is 22.5. The summed E-state index contributed by atoms with van der Waals surface area (Å²) in [6.45, 7) is 4.88. The minimum atomic E-state index is 0.0223. The molecule has 1 unspecified atom stereocenters. The average Bonchev–Trinajstić information content (AvgIpc) is 3.44. The molecule has 1 fully saturated rings. The summed E-state index contributed by atoms with van der Waals surface area (Å²) in [6.07, 6.45) is 5.47. The lowest BCUT2D eigenvalue weighted by atomic mass is 10.0. The number of carbonyl (C=O) groups is 1. The van der Waals surface area contributed by atoms with Crippen LogP contribution in [0.25, 0.3) is 6.08 Å². The molecular formula is C26H28N2O4. The van der Waals surface area contributed by atoms with Crippen LogP contribution in [0.1, 0.15) is 47.0 Å². The Morgan fingerprint density at radius 2 is 2.00 bits per heavy atom. The molecule has 6 heteroatoms. The van der Waals surface area contributed by atoms with Crippen LogP contribution in [-0.2, 0) is 11.4 Å². The molecule has 4 rings (SSSR count). The normalized spacial score (nSPS) is 16.0. The van der Waals surface area contributed by atoms with E-state index in [-0.39, 0.29) is 11.9 Å². The zero-order valence-corrected chi connectivity index (χ0v) is 18.7. The summed E-state index contributed by atoms with van der Waals surface area (Å²) < 4.78 is 16.6. The van der Waals surface area contributed by atoms with E-state index in [0.717, 1.165) is 42.0 Å². The van der Waals surface area contributed by atoms with E-state index in [0.29, 0.717) is 18.1 Å². The van der Waals surface area contributed by atoms with Gasteiger partial charge in [0.2, 0.25) is 5.91 Å². The average molecular weight is 433 g/mol. The van der Waals surface area contributed by atoms with Crippen molar-refractivity contribution >= 4 is 12.0 Å². The highest BCUT2D eigenvalue weighted by Crippen LogP contribution is 2.33. The smallest absolute Gasteiger partial charge is 0.247 e. The molecule has 0 bridgehead atoms. The first kappa shape index (κ1) is 21.7. The van der Waals surface area contributed by atoms with Crippen molar-refractivity contribution in [2.24, 2.45) is 0 Å². The number of benzene rings is 2. The van der Waals surface area contributed by atoms with Crippen LogP contribution in [0.15, 0.2) is 59.1 Å². The number of amides is 1. The van der Waals surface area contributed by atoms with Gasteiger partial charge in [-0.15, -0.1) is 0 Å². The molecule has 1 atom stereocenters. The molecule has 1 saturated heterocycles. The van der Waals surface area contributed by atoms with Gasteiger partial charge in [-0.2, -0.15) is 0 Å². The Morgan fingerprint density at radius 3 is 2.72 bits per heavy atom. The van der Waals surface area contributed by atoms with Crippen molar-refractivity contribution in [3.05, 3.63) is 82.8 Å². The summed E-state index contributed by atoms with van der Waals surface area (Å²) in [4.78, 5) is 14.8. The van der Waals surface area contributed by atoms with Crippen molar-refractivity contribution in [1.29, 1.82) is 0 Å². The van der Waals surface area contributed by atoms with Crippen LogP contribution in [0.5, 0.6) is 11.5 Å². The Bertz CT molecular complexity index is 1080. The van der Waals surface area contributed by atoms with Crippen LogP contribution in [-0.4, -0.2) is 29.6 Å². The molecule has 6 nitrogen and oxygen atoms in total. The molecule has 1 amide bonds. The van der Waals surface area contributed by atoms with Crippen LogP contribution >= 0.6 is 0 Å². The summed E-state index contributed by atoms with van der Waals surface area (Å²) in [5.74, 6) is 2.00. The quantitative estimate of drug-likeness (QED) is 0.477. The van der Waals surface area contributed by atoms with Gasteiger partial charge in [-0.3, -0.25) is 4.79 Å². The third-order valence-electron chi connectivity index (χ3n) is 5.88. The molecule has 32 heavy (non-hydrogen) atoms. The van der Waals surface area contributed by atoms with E-state index in [1.54, 1.807) is 13.2 Å². The molecule has 0 radical (unpaired) electrons. The molecule has 166 valence electrons. The van der Waals surface area contributed by atoms with Gasteiger partial charge in [-0.25, -0.2) is 0 Å². The van der Waals surface area contributed by atoms with E-state index in [1.807, 2.05) is 61.2 Å². The van der Waals surface area contributed by atoms with Gasteiger partial charge in [0.15, 0.2) is 11.5 Å². The van der Waals surface area contributed by atoms with Gasteiger partial charge in [0.05, 0.1) is 24.4 Å². The topological polar surface area (TPSA) is 64.8 Å². The van der Waals surface area contributed by atoms with Gasteiger partial charge in [0.25, 0.3) is 0 Å². The number of hydrogen-bond donors (Lipinski definition) is 0. The Kier molecular flexibility index (Phi) is 6.59. The SMILES string of the molecule is COc1cc(/C=C/C(=O)N2CCCC2c2ccccc2)ccc1OCc1c(C)noc1C. The zero-order valence-electron chi connectivity index (χ0n) is 18.7. The van der Waals surface area contributed by atoms with Crippen molar-refractivity contribution < 1.29 is 18.8 Å². The second-order valence-electron chi connectivity index (χ2n) is 7.94. The third kappa shape index (κ3) is 4.69. The minimum absolute atomic E-state index is 0.0223. The number of methoxy groups -OCH3 is 1. The number of carbonyl (C=O) groups excluding carboxylic acids is 1. The van der Waals surface area contributed by atoms with Gasteiger partial charge in [0, 0.05) is 12.6 Å². The van der Waals surface area contributed by atoms with E-state index < -0.39 is 0 Å². The van der Waals surface area contributed by atoms with Crippen LogP contribution in [0, 0.1) is 13.8 Å². The molecule has 1 aliphatic rings. The van der Waals surface area contributed by atoms with E-state index in [9.17, 15) is 4.79 Å². The molecule has 0 spiro atoms. The van der Waals surface area contributed by atoms with Crippen LogP contribution in [0.3, 0.4) is 0 Å². The molecule has 2 heterocycles. The molecule has 1 aliphatic heterocycles. The largest absolute Gasteiger partial charge is 0.493 e. The number of aromatic nitrogens is 1. The van der Waals surface area contributed by atoms with Crippen molar-refractivity contribution in [3.8, 4) is 11.5 Å². The Hall–Kier alpha value is -3.54. The standard InChI is InChI=1S/C26H28N2O4/c1-18-22(19(2)32-27-18)17-31-24-13-11-20(16-25(24)30-3)12-14-26(29)28-15-7-10-23(28)21-8-5-4-6-9-21/h4-6,8-9,11-14,16,23H,7,10,15,17H2,1-3H3/b14-12+. The molecule has 0 N–H and O–H groups in total. The van der Waals surface area contributed by atoms with Gasteiger partial charge in [-0.1, -0.05) is 41.6 Å². The fourth-order valence-electron chi connectivity index (χ4n) is 4.08. The lowest BCUT2D eigenvalue weighted by Crippen LogP contribution is -2.28. The first-order chi connectivity index (χ1) is 15.6. The highest BCUT2D eigenvalue weighted by atomic mass is 16.5. The summed E-state index contributed by atoms with van der Waals surface area (Å²) in [6, 6.07) is 16.0. The van der Waals surface area contributed by atoms with Gasteiger partial charge in [-0.05, 0) is 56.0 Å². The number of ether oxygens (including phenoxy) is 2. The highest BCUT2D eigenvalue weighted by Gasteiger charge is 2.28. The van der Waals surface area contributed by atoms with E-state index in [1.165, 1.54) is 5.56 Å².